The van der Waals surface area contributed by atoms with E-state index in [1.165, 1.54) is 11.3 Å². The van der Waals surface area contributed by atoms with Crippen LogP contribution in [0, 0.1) is 0 Å². The van der Waals surface area contributed by atoms with Crippen molar-refractivity contribution >= 4 is 5.70 Å². The van der Waals surface area contributed by atoms with Gasteiger partial charge in [-0.3, -0.25) is 0 Å². The van der Waals surface area contributed by atoms with Crippen LogP contribution in [0.1, 0.15) is 19.4 Å². The molecule has 0 aliphatic carbocycles. The topological polar surface area (TPSA) is 3.24 Å². The lowest BCUT2D eigenvalue weighted by atomic mass is 10.1. The largest absolute Gasteiger partial charge is 0.372 e. The van der Waals surface area contributed by atoms with Gasteiger partial charge in [-0.2, -0.15) is 0 Å². The number of benzene rings is 1. The number of nitrogens with zero attached hydrogens (tertiary/aromatic N) is 1. The Labute approximate surface area is 92.7 Å². The normalized spacial score (nSPS) is 11.2. The second kappa shape index (κ2) is 6.07. The molecular formula is C14H19N. The molecular weight excluding hydrogens is 182 g/mol. The highest BCUT2D eigenvalue weighted by Gasteiger charge is 2.06. The number of hydrogen-bond acceptors (Lipinski definition) is 1. The zero-order valence-corrected chi connectivity index (χ0v) is 9.61. The molecule has 0 bridgehead atoms. The Morgan fingerprint density at radius 2 is 1.80 bits per heavy atom. The highest BCUT2D eigenvalue weighted by molar-refractivity contribution is 5.65. The van der Waals surface area contributed by atoms with Crippen LogP contribution in [0.2, 0.25) is 0 Å². The van der Waals surface area contributed by atoms with Crippen LogP contribution in [0.3, 0.4) is 0 Å². The lowest BCUT2D eigenvalue weighted by Crippen LogP contribution is -2.21. The van der Waals surface area contributed by atoms with Crippen molar-refractivity contribution in [3.63, 3.8) is 0 Å². The van der Waals surface area contributed by atoms with E-state index in [9.17, 15) is 0 Å². The lowest BCUT2D eigenvalue weighted by Gasteiger charge is -2.24. The fraction of sp³-hybridized carbons (Fsp3) is 0.286. The summed E-state index contributed by atoms with van der Waals surface area (Å²) in [6, 6.07) is 10.4. The van der Waals surface area contributed by atoms with Gasteiger partial charge in [0.15, 0.2) is 0 Å². The molecule has 0 aliphatic heterocycles. The third-order valence-corrected chi connectivity index (χ3v) is 2.45. The molecule has 15 heavy (non-hydrogen) atoms. The molecule has 1 rings (SSSR count). The molecule has 0 aliphatic rings. The minimum Gasteiger partial charge on any atom is -0.372 e. The number of rotatable bonds is 5. The predicted octanol–water partition coefficient (Wildman–Crippen LogP) is 3.56. The fourth-order valence-corrected chi connectivity index (χ4v) is 1.67. The van der Waals surface area contributed by atoms with E-state index in [1.807, 2.05) is 12.1 Å². The van der Waals surface area contributed by atoms with E-state index in [1.54, 1.807) is 0 Å². The Bertz CT molecular complexity index is 320. The van der Waals surface area contributed by atoms with Crippen molar-refractivity contribution in [2.24, 2.45) is 0 Å². The van der Waals surface area contributed by atoms with E-state index >= 15 is 0 Å². The number of hydrogen-bond donors (Lipinski definition) is 0. The van der Waals surface area contributed by atoms with Gasteiger partial charge in [-0.1, -0.05) is 43.0 Å². The van der Waals surface area contributed by atoms with Crippen LogP contribution in [0.4, 0.5) is 0 Å². The van der Waals surface area contributed by atoms with Crippen LogP contribution in [0.15, 0.2) is 49.1 Å². The van der Waals surface area contributed by atoms with Gasteiger partial charge in [0.25, 0.3) is 0 Å². The fourth-order valence-electron chi connectivity index (χ4n) is 1.67. The van der Waals surface area contributed by atoms with Gasteiger partial charge in [-0.15, -0.1) is 0 Å². The maximum atomic E-state index is 3.77. The van der Waals surface area contributed by atoms with E-state index in [2.05, 4.69) is 55.7 Å². The Kier molecular flexibility index (Phi) is 4.69. The molecule has 0 radical (unpaired) electrons. The third-order valence-electron chi connectivity index (χ3n) is 2.45. The molecule has 0 saturated heterocycles. The molecule has 1 nitrogen and oxygen atoms in total. The third kappa shape index (κ3) is 2.98. The molecule has 1 aromatic carbocycles. The maximum Gasteiger partial charge on any atom is 0.0439 e. The van der Waals surface area contributed by atoms with Gasteiger partial charge in [-0.05, 0) is 25.5 Å². The van der Waals surface area contributed by atoms with Gasteiger partial charge in [0.05, 0.1) is 0 Å². The van der Waals surface area contributed by atoms with Crippen LogP contribution >= 0.6 is 0 Å². The molecule has 0 unspecified atom stereocenters. The molecule has 1 aromatic rings. The summed E-state index contributed by atoms with van der Waals surface area (Å²) in [5.74, 6) is 0. The first-order valence-electron chi connectivity index (χ1n) is 5.46. The van der Waals surface area contributed by atoms with E-state index in [0.29, 0.717) is 0 Å². The summed E-state index contributed by atoms with van der Waals surface area (Å²) in [5, 5.41) is 0. The first kappa shape index (κ1) is 11.6. The molecule has 0 N–H and O–H groups in total. The van der Waals surface area contributed by atoms with Crippen LogP contribution in [0.25, 0.3) is 5.70 Å². The monoisotopic (exact) mass is 201 g/mol. The van der Waals surface area contributed by atoms with Gasteiger partial charge >= 0.3 is 0 Å². The van der Waals surface area contributed by atoms with Crippen molar-refractivity contribution < 1.29 is 0 Å². The Hall–Kier alpha value is -1.50. The minimum atomic E-state index is 1.02. The van der Waals surface area contributed by atoms with Crippen molar-refractivity contribution in [3.05, 3.63) is 54.6 Å². The van der Waals surface area contributed by atoms with E-state index in [0.717, 1.165) is 13.1 Å². The summed E-state index contributed by atoms with van der Waals surface area (Å²) in [6.07, 6.45) is 3.92. The average molecular weight is 201 g/mol. The molecule has 1 heteroatoms. The van der Waals surface area contributed by atoms with Crippen LogP contribution in [0.5, 0.6) is 0 Å². The molecule has 0 atom stereocenters. The van der Waals surface area contributed by atoms with Crippen molar-refractivity contribution in [3.8, 4) is 0 Å². The first-order chi connectivity index (χ1) is 7.33. The van der Waals surface area contributed by atoms with Gasteiger partial charge < -0.3 is 4.90 Å². The molecule has 0 amide bonds. The number of allylic oxidation sites excluding steroid dienone is 2. The molecule has 0 aromatic heterocycles. The zero-order valence-electron chi connectivity index (χ0n) is 9.61. The highest BCUT2D eigenvalue weighted by atomic mass is 15.1. The Morgan fingerprint density at radius 3 is 2.27 bits per heavy atom. The van der Waals surface area contributed by atoms with Gasteiger partial charge in [-0.25, -0.2) is 0 Å². The molecule has 0 saturated carbocycles. The average Bonchev–Trinajstić information content (AvgIpc) is 2.30. The Morgan fingerprint density at radius 1 is 1.20 bits per heavy atom. The first-order valence-corrected chi connectivity index (χ1v) is 5.46. The van der Waals surface area contributed by atoms with E-state index < -0.39 is 0 Å². The smallest absolute Gasteiger partial charge is 0.0439 e. The summed E-state index contributed by atoms with van der Waals surface area (Å²) >= 11 is 0. The quantitative estimate of drug-likeness (QED) is 0.658. The van der Waals surface area contributed by atoms with Crippen molar-refractivity contribution in [2.75, 3.05) is 13.1 Å². The summed E-state index contributed by atoms with van der Waals surface area (Å²) in [4.78, 5) is 2.33. The standard InChI is InChI=1S/C14H19N/c1-4-10-14(15(5-2)6-3)13-11-8-7-9-12-13/h4,7-12H,1,5-6H2,2-3H3/b14-10+. The minimum absolute atomic E-state index is 1.02. The second-order valence-electron chi connectivity index (χ2n) is 3.33. The maximum absolute atomic E-state index is 3.77. The van der Waals surface area contributed by atoms with Gasteiger partial charge in [0.2, 0.25) is 0 Å². The molecule has 0 spiro atoms. The summed E-state index contributed by atoms with van der Waals surface area (Å²) in [5.41, 5.74) is 2.50. The van der Waals surface area contributed by atoms with Crippen LogP contribution < -0.4 is 0 Å². The summed E-state index contributed by atoms with van der Waals surface area (Å²) in [6.45, 7) is 10.2. The molecule has 0 heterocycles. The summed E-state index contributed by atoms with van der Waals surface area (Å²) < 4.78 is 0. The molecule has 80 valence electrons. The summed E-state index contributed by atoms with van der Waals surface area (Å²) in [7, 11) is 0. The van der Waals surface area contributed by atoms with E-state index in [4.69, 9.17) is 0 Å². The van der Waals surface area contributed by atoms with Crippen molar-refractivity contribution in [1.29, 1.82) is 0 Å². The lowest BCUT2D eigenvalue weighted by molar-refractivity contribution is 0.442. The van der Waals surface area contributed by atoms with E-state index in [-0.39, 0.29) is 0 Å². The van der Waals surface area contributed by atoms with Crippen LogP contribution in [-0.4, -0.2) is 18.0 Å². The van der Waals surface area contributed by atoms with Crippen molar-refractivity contribution in [1.82, 2.24) is 4.90 Å². The second-order valence-corrected chi connectivity index (χ2v) is 3.33. The van der Waals surface area contributed by atoms with Gasteiger partial charge in [0.1, 0.15) is 0 Å². The molecule has 0 fully saturated rings. The Balaban J connectivity index is 3.03. The van der Waals surface area contributed by atoms with Crippen molar-refractivity contribution in [2.45, 2.75) is 13.8 Å². The van der Waals surface area contributed by atoms with Crippen LogP contribution in [-0.2, 0) is 0 Å². The highest BCUT2D eigenvalue weighted by Crippen LogP contribution is 2.18. The SMILES string of the molecule is C=C/C=C(\c1ccccc1)N(CC)CC. The van der Waals surface area contributed by atoms with Gasteiger partial charge in [0, 0.05) is 18.8 Å². The predicted molar refractivity (Wildman–Crippen MR) is 67.5 cm³/mol. The zero-order chi connectivity index (χ0) is 11.1.